The van der Waals surface area contributed by atoms with Crippen molar-refractivity contribution in [3.05, 3.63) is 71.9 Å². The number of amides is 1. The Hall–Kier alpha value is -3.12. The van der Waals surface area contributed by atoms with Crippen LogP contribution in [-0.2, 0) is 20.8 Å². The number of para-hydroxylation sites is 1. The Morgan fingerprint density at radius 2 is 1.72 bits per heavy atom. The molecule has 2 heterocycles. The molecule has 1 saturated heterocycles. The summed E-state index contributed by atoms with van der Waals surface area (Å²) in [6, 6.07) is 16.9. The minimum absolute atomic E-state index is 0.216. The molecule has 0 saturated carbocycles. The molecule has 1 atom stereocenters. The predicted molar refractivity (Wildman–Crippen MR) is 110 cm³/mol. The minimum atomic E-state index is -0.981. The van der Waals surface area contributed by atoms with Gasteiger partial charge in [0.05, 0.1) is 18.8 Å². The molecule has 4 rings (SSSR count). The van der Waals surface area contributed by atoms with E-state index in [9.17, 15) is 9.59 Å². The smallest absolute Gasteiger partial charge is 0.341 e. The molecule has 0 bridgehead atoms. The van der Waals surface area contributed by atoms with Crippen LogP contribution < -0.4 is 0 Å². The number of carbonyl (C=O) groups is 2. The highest BCUT2D eigenvalue weighted by molar-refractivity contribution is 6.05. The van der Waals surface area contributed by atoms with Crippen LogP contribution in [0.1, 0.15) is 28.9 Å². The van der Waals surface area contributed by atoms with Crippen LogP contribution in [0.2, 0.25) is 0 Å². The fourth-order valence-electron chi connectivity index (χ4n) is 3.68. The molecule has 1 fully saturated rings. The monoisotopic (exact) mass is 392 g/mol. The molecular weight excluding hydrogens is 368 g/mol. The summed E-state index contributed by atoms with van der Waals surface area (Å²) in [5.74, 6) is -0.712. The van der Waals surface area contributed by atoms with Crippen LogP contribution in [0.3, 0.4) is 0 Å². The summed E-state index contributed by atoms with van der Waals surface area (Å²) in [7, 11) is 0. The van der Waals surface area contributed by atoms with Gasteiger partial charge in [-0.2, -0.15) is 0 Å². The number of aromatic nitrogens is 1. The van der Waals surface area contributed by atoms with Crippen molar-refractivity contribution in [3.8, 4) is 0 Å². The van der Waals surface area contributed by atoms with Crippen LogP contribution in [0.4, 0.5) is 0 Å². The van der Waals surface area contributed by atoms with Crippen LogP contribution in [-0.4, -0.2) is 47.6 Å². The van der Waals surface area contributed by atoms with Gasteiger partial charge in [0.25, 0.3) is 5.91 Å². The van der Waals surface area contributed by atoms with Crippen LogP contribution >= 0.6 is 0 Å². The first-order chi connectivity index (χ1) is 14.2. The second-order valence-electron chi connectivity index (χ2n) is 6.98. The summed E-state index contributed by atoms with van der Waals surface area (Å²) in [6.07, 6.45) is 0.819. The maximum Gasteiger partial charge on any atom is 0.341 e. The number of rotatable bonds is 5. The normalized spacial score (nSPS) is 15.3. The molecule has 0 N–H and O–H groups in total. The maximum atomic E-state index is 13.2. The number of hydrogen-bond donors (Lipinski definition) is 0. The van der Waals surface area contributed by atoms with Crippen molar-refractivity contribution in [1.29, 1.82) is 0 Å². The first-order valence-corrected chi connectivity index (χ1v) is 9.89. The van der Waals surface area contributed by atoms with E-state index in [4.69, 9.17) is 9.47 Å². The van der Waals surface area contributed by atoms with Crippen LogP contribution in [0.15, 0.2) is 60.8 Å². The zero-order valence-corrected chi connectivity index (χ0v) is 16.4. The Kier molecular flexibility index (Phi) is 5.62. The molecule has 150 valence electrons. The molecule has 1 unspecified atom stereocenters. The third-order valence-corrected chi connectivity index (χ3v) is 5.22. The van der Waals surface area contributed by atoms with Crippen molar-refractivity contribution in [1.82, 2.24) is 9.47 Å². The largest absolute Gasteiger partial charge is 0.444 e. The van der Waals surface area contributed by atoms with Crippen LogP contribution in [0.25, 0.3) is 10.9 Å². The molecule has 29 heavy (non-hydrogen) atoms. The molecular formula is C23H24N2O4. The van der Waals surface area contributed by atoms with E-state index in [1.807, 2.05) is 66.1 Å². The molecule has 6 heteroatoms. The van der Waals surface area contributed by atoms with Gasteiger partial charge in [0.15, 0.2) is 0 Å². The molecule has 3 aromatic rings. The van der Waals surface area contributed by atoms with Gasteiger partial charge >= 0.3 is 5.97 Å². The first kappa shape index (κ1) is 19.2. The standard InChI is InChI=1S/C23H24N2O4/c1-2-24-16-19(18-10-6-7-11-20(18)24)23(27)29-21(17-8-4-3-5-9-17)22(26)25-12-14-28-15-13-25/h3-11,16,21H,2,12-15H2,1H3. The fraction of sp³-hybridized carbons (Fsp3) is 0.304. The van der Waals surface area contributed by atoms with Crippen molar-refractivity contribution in [2.45, 2.75) is 19.6 Å². The Labute approximate surface area is 169 Å². The third kappa shape index (κ3) is 3.89. The predicted octanol–water partition coefficient (Wildman–Crippen LogP) is 3.42. The third-order valence-electron chi connectivity index (χ3n) is 5.22. The average Bonchev–Trinajstić information content (AvgIpc) is 3.17. The molecule has 1 amide bonds. The number of carbonyl (C=O) groups excluding carboxylic acids is 2. The second kappa shape index (κ2) is 8.49. The molecule has 6 nitrogen and oxygen atoms in total. The van der Waals surface area contributed by atoms with Gasteiger partial charge in [0, 0.05) is 42.3 Å². The van der Waals surface area contributed by atoms with Crippen LogP contribution in [0.5, 0.6) is 0 Å². The Morgan fingerprint density at radius 3 is 2.45 bits per heavy atom. The highest BCUT2D eigenvalue weighted by atomic mass is 16.5. The second-order valence-corrected chi connectivity index (χ2v) is 6.98. The first-order valence-electron chi connectivity index (χ1n) is 9.89. The highest BCUT2D eigenvalue weighted by Crippen LogP contribution is 2.26. The van der Waals surface area contributed by atoms with E-state index >= 15 is 0 Å². The lowest BCUT2D eigenvalue weighted by atomic mass is 10.1. The summed E-state index contributed by atoms with van der Waals surface area (Å²) in [5, 5.41) is 0.824. The van der Waals surface area contributed by atoms with Gasteiger partial charge in [0.1, 0.15) is 0 Å². The van der Waals surface area contributed by atoms with E-state index in [-0.39, 0.29) is 5.91 Å². The van der Waals surface area contributed by atoms with Gasteiger partial charge in [-0.15, -0.1) is 0 Å². The fourth-order valence-corrected chi connectivity index (χ4v) is 3.68. The van der Waals surface area contributed by atoms with Gasteiger partial charge < -0.3 is 18.9 Å². The Morgan fingerprint density at radius 1 is 1.03 bits per heavy atom. The van der Waals surface area contributed by atoms with Crippen molar-refractivity contribution in [3.63, 3.8) is 0 Å². The number of aryl methyl sites for hydroxylation is 1. The summed E-state index contributed by atoms with van der Waals surface area (Å²) >= 11 is 0. The summed E-state index contributed by atoms with van der Waals surface area (Å²) in [4.78, 5) is 28.0. The lowest BCUT2D eigenvalue weighted by Gasteiger charge is -2.30. The van der Waals surface area contributed by atoms with E-state index in [0.717, 1.165) is 17.4 Å². The zero-order valence-electron chi connectivity index (χ0n) is 16.4. The zero-order chi connectivity index (χ0) is 20.2. The maximum absolute atomic E-state index is 13.2. The number of esters is 1. The highest BCUT2D eigenvalue weighted by Gasteiger charge is 2.31. The van der Waals surface area contributed by atoms with Gasteiger partial charge in [-0.1, -0.05) is 48.5 Å². The number of ether oxygens (including phenoxy) is 2. The lowest BCUT2D eigenvalue weighted by Crippen LogP contribution is -2.44. The van der Waals surface area contributed by atoms with Crippen molar-refractivity contribution >= 4 is 22.8 Å². The van der Waals surface area contributed by atoms with Crippen LogP contribution in [0, 0.1) is 0 Å². The molecule has 0 aliphatic carbocycles. The van der Waals surface area contributed by atoms with Crippen molar-refractivity contribution in [2.75, 3.05) is 26.3 Å². The van der Waals surface area contributed by atoms with Gasteiger partial charge in [0.2, 0.25) is 6.10 Å². The van der Waals surface area contributed by atoms with Gasteiger partial charge in [-0.3, -0.25) is 4.79 Å². The quantitative estimate of drug-likeness (QED) is 0.625. The topological polar surface area (TPSA) is 60.8 Å². The molecule has 2 aromatic carbocycles. The van der Waals surface area contributed by atoms with Gasteiger partial charge in [-0.25, -0.2) is 4.79 Å². The minimum Gasteiger partial charge on any atom is -0.444 e. The molecule has 0 radical (unpaired) electrons. The van der Waals surface area contributed by atoms with E-state index in [0.29, 0.717) is 37.4 Å². The van der Waals surface area contributed by atoms with Gasteiger partial charge in [-0.05, 0) is 13.0 Å². The summed E-state index contributed by atoms with van der Waals surface area (Å²) in [6.45, 7) is 4.74. The molecule has 1 aliphatic rings. The number of benzene rings is 2. The number of hydrogen-bond acceptors (Lipinski definition) is 4. The van der Waals surface area contributed by atoms with E-state index < -0.39 is 12.1 Å². The SMILES string of the molecule is CCn1cc(C(=O)OC(C(=O)N2CCOCC2)c2ccccc2)c2ccccc21. The van der Waals surface area contributed by atoms with E-state index in [2.05, 4.69) is 0 Å². The molecule has 1 aromatic heterocycles. The molecule has 1 aliphatic heterocycles. The van der Waals surface area contributed by atoms with Crippen molar-refractivity contribution < 1.29 is 19.1 Å². The summed E-state index contributed by atoms with van der Waals surface area (Å²) < 4.78 is 13.2. The van der Waals surface area contributed by atoms with Crippen molar-refractivity contribution in [2.24, 2.45) is 0 Å². The molecule has 0 spiro atoms. The number of nitrogens with zero attached hydrogens (tertiary/aromatic N) is 2. The Bertz CT molecular complexity index is 1010. The van der Waals surface area contributed by atoms with E-state index in [1.165, 1.54) is 0 Å². The average molecular weight is 392 g/mol. The number of morpholine rings is 1. The van der Waals surface area contributed by atoms with E-state index in [1.54, 1.807) is 11.1 Å². The number of fused-ring (bicyclic) bond motifs is 1. The summed E-state index contributed by atoms with van der Waals surface area (Å²) in [5.41, 5.74) is 2.10. The Balaban J connectivity index is 1.66. The lowest BCUT2D eigenvalue weighted by molar-refractivity contribution is -0.145.